The van der Waals surface area contributed by atoms with Crippen LogP contribution in [0.3, 0.4) is 0 Å². The number of aryl methyl sites for hydroxylation is 1. The highest BCUT2D eigenvalue weighted by Crippen LogP contribution is 2.20. The molecule has 1 aromatic carbocycles. The van der Waals surface area contributed by atoms with Crippen LogP contribution in [-0.2, 0) is 13.0 Å². The number of halogens is 1. The lowest BCUT2D eigenvalue weighted by molar-refractivity contribution is 0.529. The van der Waals surface area contributed by atoms with Crippen LogP contribution in [0.25, 0.3) is 0 Å². The molecule has 20 heavy (non-hydrogen) atoms. The molecule has 1 atom stereocenters. The third-order valence-electron chi connectivity index (χ3n) is 3.36. The summed E-state index contributed by atoms with van der Waals surface area (Å²) in [6.45, 7) is 6.20. The first-order chi connectivity index (χ1) is 9.72. The predicted octanol–water partition coefficient (Wildman–Crippen LogP) is 3.84. The van der Waals surface area contributed by atoms with Gasteiger partial charge in [-0.25, -0.2) is 0 Å². The number of hydrogen-bond donors (Lipinski definition) is 1. The van der Waals surface area contributed by atoms with Crippen molar-refractivity contribution in [2.75, 3.05) is 6.54 Å². The van der Waals surface area contributed by atoms with Crippen LogP contribution in [0.5, 0.6) is 0 Å². The Labute approximate surface area is 126 Å². The maximum atomic E-state index is 5.97. The number of rotatable bonds is 7. The molecular weight excluding hydrogens is 270 g/mol. The molecule has 0 saturated carbocycles. The zero-order valence-corrected chi connectivity index (χ0v) is 12.9. The Balaban J connectivity index is 2.12. The molecule has 1 aromatic heterocycles. The molecule has 2 aromatic rings. The van der Waals surface area contributed by atoms with Gasteiger partial charge in [-0.15, -0.1) is 0 Å². The van der Waals surface area contributed by atoms with E-state index < -0.39 is 0 Å². The van der Waals surface area contributed by atoms with E-state index in [-0.39, 0.29) is 0 Å². The Kier molecular flexibility index (Phi) is 5.62. The van der Waals surface area contributed by atoms with Crippen LogP contribution in [0.15, 0.2) is 36.7 Å². The summed E-state index contributed by atoms with van der Waals surface area (Å²) in [6, 6.07) is 8.40. The topological polar surface area (TPSA) is 29.9 Å². The van der Waals surface area contributed by atoms with E-state index in [1.165, 1.54) is 11.1 Å². The molecule has 1 unspecified atom stereocenters. The molecular formula is C16H22ClN3. The van der Waals surface area contributed by atoms with Crippen molar-refractivity contribution in [2.24, 2.45) is 0 Å². The number of nitrogens with zero attached hydrogens (tertiary/aromatic N) is 2. The maximum Gasteiger partial charge on any atom is 0.0522 e. The fraction of sp³-hybridized carbons (Fsp3) is 0.438. The quantitative estimate of drug-likeness (QED) is 0.840. The van der Waals surface area contributed by atoms with Crippen LogP contribution < -0.4 is 5.32 Å². The van der Waals surface area contributed by atoms with Crippen LogP contribution in [0.1, 0.15) is 37.4 Å². The van der Waals surface area contributed by atoms with Crippen LogP contribution in [-0.4, -0.2) is 16.3 Å². The van der Waals surface area contributed by atoms with Crippen molar-refractivity contribution in [3.8, 4) is 0 Å². The molecule has 0 spiro atoms. The van der Waals surface area contributed by atoms with Gasteiger partial charge in [-0.3, -0.25) is 4.68 Å². The largest absolute Gasteiger partial charge is 0.310 e. The van der Waals surface area contributed by atoms with Gasteiger partial charge in [0.05, 0.1) is 6.20 Å². The highest BCUT2D eigenvalue weighted by molar-refractivity contribution is 6.30. The molecule has 1 heterocycles. The van der Waals surface area contributed by atoms with E-state index in [0.717, 1.165) is 31.0 Å². The van der Waals surface area contributed by atoms with E-state index in [9.17, 15) is 0 Å². The molecule has 108 valence electrons. The van der Waals surface area contributed by atoms with Gasteiger partial charge in [-0.05, 0) is 49.6 Å². The summed E-state index contributed by atoms with van der Waals surface area (Å²) < 4.78 is 1.97. The minimum Gasteiger partial charge on any atom is -0.310 e. The Morgan fingerprint density at radius 1 is 1.25 bits per heavy atom. The number of benzene rings is 1. The molecule has 0 saturated heterocycles. The molecule has 0 aliphatic rings. The van der Waals surface area contributed by atoms with Crippen molar-refractivity contribution in [1.82, 2.24) is 15.1 Å². The first-order valence-electron chi connectivity index (χ1n) is 7.23. The minimum atomic E-state index is 0.307. The second-order valence-corrected chi connectivity index (χ2v) is 5.40. The van der Waals surface area contributed by atoms with Gasteiger partial charge in [0.15, 0.2) is 0 Å². The lowest BCUT2D eigenvalue weighted by Crippen LogP contribution is -2.24. The summed E-state index contributed by atoms with van der Waals surface area (Å²) in [5, 5.41) is 8.72. The average molecular weight is 292 g/mol. The highest BCUT2D eigenvalue weighted by atomic mass is 35.5. The van der Waals surface area contributed by atoms with E-state index in [1.807, 2.05) is 23.0 Å². The van der Waals surface area contributed by atoms with Gasteiger partial charge in [-0.2, -0.15) is 5.10 Å². The van der Waals surface area contributed by atoms with Gasteiger partial charge < -0.3 is 5.32 Å². The molecule has 3 nitrogen and oxygen atoms in total. The van der Waals surface area contributed by atoms with Crippen LogP contribution in [0.4, 0.5) is 0 Å². The first kappa shape index (κ1) is 15.1. The van der Waals surface area contributed by atoms with Crippen molar-refractivity contribution in [3.63, 3.8) is 0 Å². The Bertz CT molecular complexity index is 519. The summed E-state index contributed by atoms with van der Waals surface area (Å²) in [5.41, 5.74) is 2.53. The van der Waals surface area contributed by atoms with E-state index >= 15 is 0 Å². The summed E-state index contributed by atoms with van der Waals surface area (Å²) in [7, 11) is 0. The van der Waals surface area contributed by atoms with Gasteiger partial charge in [0.1, 0.15) is 0 Å². The van der Waals surface area contributed by atoms with Crippen molar-refractivity contribution in [2.45, 2.75) is 39.3 Å². The van der Waals surface area contributed by atoms with Crippen molar-refractivity contribution >= 4 is 11.6 Å². The Morgan fingerprint density at radius 3 is 2.60 bits per heavy atom. The second-order valence-electron chi connectivity index (χ2n) is 4.97. The highest BCUT2D eigenvalue weighted by Gasteiger charge is 2.12. The summed E-state index contributed by atoms with van der Waals surface area (Å²) >= 11 is 5.97. The monoisotopic (exact) mass is 291 g/mol. The van der Waals surface area contributed by atoms with Crippen LogP contribution in [0, 0.1) is 0 Å². The lowest BCUT2D eigenvalue weighted by atomic mass is 10.0. The fourth-order valence-electron chi connectivity index (χ4n) is 2.24. The van der Waals surface area contributed by atoms with Crippen molar-refractivity contribution in [1.29, 1.82) is 0 Å². The minimum absolute atomic E-state index is 0.307. The fourth-order valence-corrected chi connectivity index (χ4v) is 2.37. The molecule has 0 radical (unpaired) electrons. The zero-order chi connectivity index (χ0) is 14.4. The van der Waals surface area contributed by atoms with Gasteiger partial charge in [0, 0.05) is 23.8 Å². The Morgan fingerprint density at radius 2 is 2.00 bits per heavy atom. The third-order valence-corrected chi connectivity index (χ3v) is 3.62. The summed E-state index contributed by atoms with van der Waals surface area (Å²) in [5.74, 6) is 0. The van der Waals surface area contributed by atoms with E-state index in [1.54, 1.807) is 0 Å². The number of nitrogens with one attached hydrogen (secondary N) is 1. The number of hydrogen-bond acceptors (Lipinski definition) is 2. The Hall–Kier alpha value is -1.32. The smallest absolute Gasteiger partial charge is 0.0522 e. The maximum absolute atomic E-state index is 5.97. The van der Waals surface area contributed by atoms with Crippen molar-refractivity contribution in [3.05, 3.63) is 52.8 Å². The molecule has 1 N–H and O–H groups in total. The second kappa shape index (κ2) is 7.46. The van der Waals surface area contributed by atoms with Crippen LogP contribution >= 0.6 is 11.6 Å². The van der Waals surface area contributed by atoms with Gasteiger partial charge in [0.2, 0.25) is 0 Å². The molecule has 0 amide bonds. The molecule has 4 heteroatoms. The predicted molar refractivity (Wildman–Crippen MR) is 84.1 cm³/mol. The average Bonchev–Trinajstić information content (AvgIpc) is 2.92. The van der Waals surface area contributed by atoms with Gasteiger partial charge in [-0.1, -0.05) is 30.7 Å². The first-order valence-corrected chi connectivity index (χ1v) is 7.61. The zero-order valence-electron chi connectivity index (χ0n) is 12.1. The molecule has 0 aliphatic heterocycles. The summed E-state index contributed by atoms with van der Waals surface area (Å²) in [4.78, 5) is 0. The molecule has 0 aliphatic carbocycles. The molecule has 0 fully saturated rings. The van der Waals surface area contributed by atoms with Crippen molar-refractivity contribution < 1.29 is 0 Å². The SMILES string of the molecule is CCCNC(Cc1cnn(CC)c1)c1ccc(Cl)cc1. The normalized spacial score (nSPS) is 12.6. The van der Waals surface area contributed by atoms with E-state index in [2.05, 4.69) is 42.6 Å². The van der Waals surface area contributed by atoms with Crippen LogP contribution in [0.2, 0.25) is 5.02 Å². The lowest BCUT2D eigenvalue weighted by Gasteiger charge is -2.18. The van der Waals surface area contributed by atoms with E-state index in [4.69, 9.17) is 11.6 Å². The standard InChI is InChI=1S/C16H22ClN3/c1-3-9-18-16(14-5-7-15(17)8-6-14)10-13-11-19-20(4-2)12-13/h5-8,11-12,16,18H,3-4,9-10H2,1-2H3. The third kappa shape index (κ3) is 4.09. The number of aromatic nitrogens is 2. The van der Waals surface area contributed by atoms with Gasteiger partial charge in [0.25, 0.3) is 0 Å². The molecule has 0 bridgehead atoms. The molecule has 2 rings (SSSR count). The van der Waals surface area contributed by atoms with E-state index in [0.29, 0.717) is 6.04 Å². The van der Waals surface area contributed by atoms with Gasteiger partial charge >= 0.3 is 0 Å². The summed E-state index contributed by atoms with van der Waals surface area (Å²) in [6.07, 6.45) is 6.15.